The summed E-state index contributed by atoms with van der Waals surface area (Å²) < 4.78 is 17.4. The molecule has 5 nitrogen and oxygen atoms in total. The molecule has 0 aliphatic rings. The van der Waals surface area contributed by atoms with Gasteiger partial charge >= 0.3 is 11.9 Å². The van der Waals surface area contributed by atoms with Crippen molar-refractivity contribution in [3.8, 4) is 0 Å². The van der Waals surface area contributed by atoms with Gasteiger partial charge in [0.05, 0.1) is 6.61 Å². The van der Waals surface area contributed by atoms with E-state index in [1.165, 1.54) is 103 Å². The number of hydrogen-bond acceptors (Lipinski definition) is 5. The first-order valence-corrected chi connectivity index (χ1v) is 26.1. The summed E-state index contributed by atoms with van der Waals surface area (Å²) in [6, 6.07) is 0. The van der Waals surface area contributed by atoms with E-state index in [1.54, 1.807) is 0 Å². The van der Waals surface area contributed by atoms with Crippen molar-refractivity contribution in [3.63, 3.8) is 0 Å². The summed E-state index contributed by atoms with van der Waals surface area (Å²) in [7, 11) is 0. The Hall–Kier alpha value is -2.92. The van der Waals surface area contributed by atoms with Gasteiger partial charge in [-0.15, -0.1) is 0 Å². The molecule has 0 radical (unpaired) electrons. The van der Waals surface area contributed by atoms with Crippen LogP contribution in [0.4, 0.5) is 0 Å². The van der Waals surface area contributed by atoms with Crippen LogP contribution in [0.3, 0.4) is 0 Å². The molecule has 0 heterocycles. The monoisotopic (exact) mass is 863 g/mol. The van der Waals surface area contributed by atoms with Crippen molar-refractivity contribution < 1.29 is 23.8 Å². The molecule has 0 bridgehead atoms. The first-order valence-electron chi connectivity index (χ1n) is 26.1. The van der Waals surface area contributed by atoms with Gasteiger partial charge < -0.3 is 14.2 Å². The third kappa shape index (κ3) is 49.7. The third-order valence-electron chi connectivity index (χ3n) is 10.9. The van der Waals surface area contributed by atoms with E-state index in [9.17, 15) is 9.59 Å². The third-order valence-corrected chi connectivity index (χ3v) is 10.9. The maximum Gasteiger partial charge on any atom is 0.306 e. The lowest BCUT2D eigenvalue weighted by Gasteiger charge is -2.18. The first kappa shape index (κ1) is 59.1. The SMILES string of the molecule is CC/C=C\C/C=C\C/C=C\C/C=C\CCCCC(=O)O[C@H](COCCCCCCCCCCCCCCCCCC)COC(=O)CCCCCCC/C=C\C/C=C\C/C=C\CC. The summed E-state index contributed by atoms with van der Waals surface area (Å²) in [6.45, 7) is 7.56. The van der Waals surface area contributed by atoms with E-state index >= 15 is 0 Å². The van der Waals surface area contributed by atoms with Crippen molar-refractivity contribution in [3.05, 3.63) is 85.1 Å². The molecule has 356 valence electrons. The van der Waals surface area contributed by atoms with Crippen LogP contribution in [0.15, 0.2) is 85.1 Å². The highest BCUT2D eigenvalue weighted by atomic mass is 16.6. The van der Waals surface area contributed by atoms with Gasteiger partial charge in [-0.25, -0.2) is 0 Å². The van der Waals surface area contributed by atoms with Crippen LogP contribution in [0.25, 0.3) is 0 Å². The maximum atomic E-state index is 12.8. The normalized spacial score (nSPS) is 12.9. The van der Waals surface area contributed by atoms with Gasteiger partial charge in [0.1, 0.15) is 6.61 Å². The Morgan fingerprint density at radius 1 is 0.371 bits per heavy atom. The van der Waals surface area contributed by atoms with E-state index in [0.717, 1.165) is 103 Å². The van der Waals surface area contributed by atoms with E-state index in [4.69, 9.17) is 14.2 Å². The Bertz CT molecular complexity index is 1160. The van der Waals surface area contributed by atoms with Gasteiger partial charge in [0.2, 0.25) is 0 Å². The van der Waals surface area contributed by atoms with Crippen molar-refractivity contribution in [1.82, 2.24) is 0 Å². The lowest BCUT2D eigenvalue weighted by Crippen LogP contribution is -2.30. The molecule has 0 N–H and O–H groups in total. The molecular formula is C57H98O5. The number of carbonyl (C=O) groups excluding carboxylic acids is 2. The highest BCUT2D eigenvalue weighted by Crippen LogP contribution is 2.15. The molecule has 0 aromatic carbocycles. The number of ether oxygens (including phenoxy) is 3. The molecular weight excluding hydrogens is 765 g/mol. The van der Waals surface area contributed by atoms with Crippen molar-refractivity contribution in [2.75, 3.05) is 19.8 Å². The molecule has 0 spiro atoms. The van der Waals surface area contributed by atoms with Gasteiger partial charge in [-0.05, 0) is 89.9 Å². The summed E-state index contributed by atoms with van der Waals surface area (Å²) in [6.07, 6.45) is 68.8. The Balaban J connectivity index is 4.36. The minimum atomic E-state index is -0.566. The minimum Gasteiger partial charge on any atom is -0.462 e. The Kier molecular flexibility index (Phi) is 50.0. The summed E-state index contributed by atoms with van der Waals surface area (Å²) in [5.74, 6) is -0.462. The Morgan fingerprint density at radius 3 is 1.19 bits per heavy atom. The van der Waals surface area contributed by atoms with Crippen molar-refractivity contribution in [2.45, 2.75) is 245 Å². The topological polar surface area (TPSA) is 61.8 Å². The first-order chi connectivity index (χ1) is 30.6. The molecule has 0 saturated carbocycles. The number of unbranched alkanes of at least 4 members (excludes halogenated alkanes) is 22. The van der Waals surface area contributed by atoms with Crippen LogP contribution >= 0.6 is 0 Å². The summed E-state index contributed by atoms with van der Waals surface area (Å²) in [4.78, 5) is 25.4. The van der Waals surface area contributed by atoms with Crippen LogP contribution in [-0.2, 0) is 23.8 Å². The van der Waals surface area contributed by atoms with E-state index in [-0.39, 0.29) is 25.2 Å². The van der Waals surface area contributed by atoms with Gasteiger partial charge in [0.15, 0.2) is 6.10 Å². The quantitative estimate of drug-likeness (QED) is 0.0346. The number of rotatable bonds is 47. The summed E-state index contributed by atoms with van der Waals surface area (Å²) in [5, 5.41) is 0. The molecule has 0 aromatic heterocycles. The average Bonchev–Trinajstić information content (AvgIpc) is 3.27. The molecule has 0 amide bonds. The highest BCUT2D eigenvalue weighted by Gasteiger charge is 2.17. The van der Waals surface area contributed by atoms with Crippen LogP contribution in [0, 0.1) is 0 Å². The smallest absolute Gasteiger partial charge is 0.306 e. The number of allylic oxidation sites excluding steroid dienone is 14. The van der Waals surface area contributed by atoms with Crippen LogP contribution in [0.5, 0.6) is 0 Å². The fourth-order valence-electron chi connectivity index (χ4n) is 7.10. The lowest BCUT2D eigenvalue weighted by atomic mass is 10.0. The van der Waals surface area contributed by atoms with Crippen molar-refractivity contribution in [1.29, 1.82) is 0 Å². The second-order valence-electron chi connectivity index (χ2n) is 17.0. The second-order valence-corrected chi connectivity index (χ2v) is 17.0. The largest absolute Gasteiger partial charge is 0.462 e. The molecule has 0 aliphatic carbocycles. The molecule has 0 aliphatic heterocycles. The van der Waals surface area contributed by atoms with E-state index in [1.807, 2.05) is 0 Å². The van der Waals surface area contributed by atoms with Gasteiger partial charge in [-0.3, -0.25) is 9.59 Å². The minimum absolute atomic E-state index is 0.0580. The van der Waals surface area contributed by atoms with Crippen LogP contribution in [0.1, 0.15) is 239 Å². The molecule has 0 unspecified atom stereocenters. The zero-order valence-corrected chi connectivity index (χ0v) is 40.9. The van der Waals surface area contributed by atoms with Crippen molar-refractivity contribution in [2.24, 2.45) is 0 Å². The molecule has 1 atom stereocenters. The van der Waals surface area contributed by atoms with Crippen LogP contribution < -0.4 is 0 Å². The van der Waals surface area contributed by atoms with Gasteiger partial charge in [-0.1, -0.05) is 221 Å². The Morgan fingerprint density at radius 2 is 0.726 bits per heavy atom. The van der Waals surface area contributed by atoms with Gasteiger partial charge in [0.25, 0.3) is 0 Å². The van der Waals surface area contributed by atoms with Gasteiger partial charge in [0, 0.05) is 19.4 Å². The molecule has 0 saturated heterocycles. The lowest BCUT2D eigenvalue weighted by molar-refractivity contribution is -0.163. The number of carbonyl (C=O) groups is 2. The molecule has 0 fully saturated rings. The number of hydrogen-bond donors (Lipinski definition) is 0. The fourth-order valence-corrected chi connectivity index (χ4v) is 7.10. The van der Waals surface area contributed by atoms with Crippen molar-refractivity contribution >= 4 is 11.9 Å². The van der Waals surface area contributed by atoms with Crippen LogP contribution in [-0.4, -0.2) is 37.9 Å². The molecule has 0 aromatic rings. The standard InChI is InChI=1S/C57H98O5/c1-4-7-10-13-16-19-22-25-28-31-34-37-40-43-46-49-52-60-53-55(62-57(59)51-48-45-42-39-36-33-30-27-24-21-18-15-12-9-6-3)54-61-56(58)50-47-44-41-38-35-32-29-26-23-20-17-14-11-8-5-2/h8-9,11-12,17-18,20-21,26-27,29-30,36,39,55H,4-7,10,13-16,19,22-25,28,31-35,37-38,40-54H2,1-3H3/b11-8-,12-9-,20-17-,21-18-,29-26-,30-27-,39-36-/t55-/m1/s1. The van der Waals surface area contributed by atoms with E-state index in [2.05, 4.69) is 106 Å². The Labute approximate surface area is 384 Å². The highest BCUT2D eigenvalue weighted by molar-refractivity contribution is 5.70. The summed E-state index contributed by atoms with van der Waals surface area (Å²) >= 11 is 0. The second kappa shape index (κ2) is 52.4. The average molecular weight is 863 g/mol. The van der Waals surface area contributed by atoms with Gasteiger partial charge in [-0.2, -0.15) is 0 Å². The predicted molar refractivity (Wildman–Crippen MR) is 270 cm³/mol. The molecule has 0 rings (SSSR count). The zero-order valence-electron chi connectivity index (χ0n) is 40.9. The predicted octanol–water partition coefficient (Wildman–Crippen LogP) is 17.7. The number of esters is 2. The van der Waals surface area contributed by atoms with E-state index < -0.39 is 6.10 Å². The van der Waals surface area contributed by atoms with Crippen LogP contribution in [0.2, 0.25) is 0 Å². The maximum absolute atomic E-state index is 12.8. The molecule has 62 heavy (non-hydrogen) atoms. The molecule has 5 heteroatoms. The fraction of sp³-hybridized carbons (Fsp3) is 0.719. The van der Waals surface area contributed by atoms with E-state index in [0.29, 0.717) is 19.4 Å². The summed E-state index contributed by atoms with van der Waals surface area (Å²) in [5.41, 5.74) is 0. The zero-order chi connectivity index (χ0) is 44.9.